The van der Waals surface area contributed by atoms with E-state index < -0.39 is 0 Å². The van der Waals surface area contributed by atoms with E-state index >= 15 is 0 Å². The Morgan fingerprint density at radius 3 is 2.33 bits per heavy atom. The number of aromatic nitrogens is 1. The lowest BCUT2D eigenvalue weighted by molar-refractivity contribution is 0.916. The molecule has 0 saturated heterocycles. The molecule has 0 bridgehead atoms. The van der Waals surface area contributed by atoms with Crippen molar-refractivity contribution in [1.82, 2.24) is 4.98 Å². The fraction of sp³-hybridized carbons (Fsp3) is 0.154. The average Bonchev–Trinajstić information content (AvgIpc) is 2.31. The summed E-state index contributed by atoms with van der Waals surface area (Å²) in [7, 11) is 0. The van der Waals surface area contributed by atoms with Crippen LogP contribution in [0.4, 0.5) is 0 Å². The van der Waals surface area contributed by atoms with Crippen molar-refractivity contribution < 1.29 is 0 Å². The smallest absolute Gasteiger partial charge is 0.0626 e. The van der Waals surface area contributed by atoms with Crippen molar-refractivity contribution in [2.45, 2.75) is 11.8 Å². The molecule has 1 unspecified atom stereocenters. The molecule has 0 radical (unpaired) electrons. The van der Waals surface area contributed by atoms with E-state index in [0.29, 0.717) is 0 Å². The van der Waals surface area contributed by atoms with Gasteiger partial charge in [-0.3, -0.25) is 4.98 Å². The van der Waals surface area contributed by atoms with Crippen molar-refractivity contribution in [3.63, 3.8) is 0 Å². The predicted molar refractivity (Wildman–Crippen MR) is 63.0 cm³/mol. The highest BCUT2D eigenvalue weighted by molar-refractivity contribution is 6.20. The number of alkyl halides is 1. The molecule has 2 aromatic rings. The lowest BCUT2D eigenvalue weighted by Gasteiger charge is -2.09. The molecule has 0 aliphatic heterocycles. The summed E-state index contributed by atoms with van der Waals surface area (Å²) in [6.45, 7) is 0. The Kier molecular flexibility index (Phi) is 3.36. The highest BCUT2D eigenvalue weighted by Gasteiger charge is 2.07. The number of pyridine rings is 1. The third-order valence-electron chi connectivity index (χ3n) is 2.33. The first kappa shape index (κ1) is 10.2. The fourth-order valence-electron chi connectivity index (χ4n) is 1.51. The molecular formula is C13H12ClN. The summed E-state index contributed by atoms with van der Waals surface area (Å²) < 4.78 is 0. The Labute approximate surface area is 94.7 Å². The van der Waals surface area contributed by atoms with Gasteiger partial charge in [0.2, 0.25) is 0 Å². The number of hydrogen-bond acceptors (Lipinski definition) is 1. The van der Waals surface area contributed by atoms with Gasteiger partial charge in [0.05, 0.1) is 5.38 Å². The lowest BCUT2D eigenvalue weighted by Crippen LogP contribution is -1.95. The van der Waals surface area contributed by atoms with Crippen molar-refractivity contribution in [3.8, 4) is 0 Å². The standard InChI is InChI=1S/C13H12ClN/c14-13(12-6-8-15-9-7-12)10-11-4-2-1-3-5-11/h1-9,13H,10H2. The predicted octanol–water partition coefficient (Wildman–Crippen LogP) is 3.60. The molecule has 76 valence electrons. The maximum Gasteiger partial charge on any atom is 0.0626 e. The zero-order chi connectivity index (χ0) is 10.5. The summed E-state index contributed by atoms with van der Waals surface area (Å²) >= 11 is 6.31. The molecule has 1 atom stereocenters. The average molecular weight is 218 g/mol. The maximum atomic E-state index is 6.31. The van der Waals surface area contributed by atoms with Crippen LogP contribution in [0, 0.1) is 0 Å². The van der Waals surface area contributed by atoms with Crippen LogP contribution in [0.15, 0.2) is 54.9 Å². The topological polar surface area (TPSA) is 12.9 Å². The Balaban J connectivity index is 2.08. The van der Waals surface area contributed by atoms with E-state index in [4.69, 9.17) is 11.6 Å². The van der Waals surface area contributed by atoms with Crippen LogP contribution >= 0.6 is 11.6 Å². The molecular weight excluding hydrogens is 206 g/mol. The fourth-order valence-corrected chi connectivity index (χ4v) is 1.83. The van der Waals surface area contributed by atoms with Gasteiger partial charge in [0.15, 0.2) is 0 Å². The molecule has 15 heavy (non-hydrogen) atoms. The van der Waals surface area contributed by atoms with Gasteiger partial charge in [0.25, 0.3) is 0 Å². The van der Waals surface area contributed by atoms with E-state index in [1.807, 2.05) is 30.3 Å². The number of halogens is 1. The van der Waals surface area contributed by atoms with Crippen LogP contribution < -0.4 is 0 Å². The Morgan fingerprint density at radius 2 is 1.67 bits per heavy atom. The van der Waals surface area contributed by atoms with Crippen molar-refractivity contribution in [2.24, 2.45) is 0 Å². The van der Waals surface area contributed by atoms with Gasteiger partial charge in [0, 0.05) is 12.4 Å². The molecule has 1 aromatic carbocycles. The summed E-state index contributed by atoms with van der Waals surface area (Å²) in [5.41, 5.74) is 2.38. The van der Waals surface area contributed by atoms with Crippen LogP contribution in [0.1, 0.15) is 16.5 Å². The molecule has 0 aliphatic carbocycles. The van der Waals surface area contributed by atoms with E-state index in [2.05, 4.69) is 17.1 Å². The van der Waals surface area contributed by atoms with Gasteiger partial charge in [-0.25, -0.2) is 0 Å². The molecule has 0 amide bonds. The van der Waals surface area contributed by atoms with Crippen LogP contribution in [0.3, 0.4) is 0 Å². The molecule has 1 heterocycles. The third kappa shape index (κ3) is 2.80. The highest BCUT2D eigenvalue weighted by Crippen LogP contribution is 2.23. The zero-order valence-electron chi connectivity index (χ0n) is 8.31. The Morgan fingerprint density at radius 1 is 1.00 bits per heavy atom. The Bertz CT molecular complexity index is 399. The summed E-state index contributed by atoms with van der Waals surface area (Å²) in [4.78, 5) is 3.98. The number of hydrogen-bond donors (Lipinski definition) is 0. The molecule has 0 saturated carbocycles. The van der Waals surface area contributed by atoms with Gasteiger partial charge >= 0.3 is 0 Å². The largest absolute Gasteiger partial charge is 0.265 e. The maximum absolute atomic E-state index is 6.31. The van der Waals surface area contributed by atoms with Crippen LogP contribution in [0.2, 0.25) is 0 Å². The first-order valence-electron chi connectivity index (χ1n) is 4.94. The molecule has 0 spiro atoms. The molecule has 1 nitrogen and oxygen atoms in total. The third-order valence-corrected chi connectivity index (χ3v) is 2.73. The molecule has 1 aromatic heterocycles. The number of nitrogens with zero attached hydrogens (tertiary/aromatic N) is 1. The minimum absolute atomic E-state index is 0.0235. The minimum atomic E-state index is 0.0235. The van der Waals surface area contributed by atoms with Crippen molar-refractivity contribution in [2.75, 3.05) is 0 Å². The van der Waals surface area contributed by atoms with Gasteiger partial charge in [-0.2, -0.15) is 0 Å². The first-order valence-corrected chi connectivity index (χ1v) is 5.38. The monoisotopic (exact) mass is 217 g/mol. The van der Waals surface area contributed by atoms with Gasteiger partial charge in [0.1, 0.15) is 0 Å². The summed E-state index contributed by atoms with van der Waals surface area (Å²) in [5, 5.41) is 0.0235. The normalized spacial score (nSPS) is 12.3. The van der Waals surface area contributed by atoms with Crippen molar-refractivity contribution in [3.05, 3.63) is 66.0 Å². The van der Waals surface area contributed by atoms with Crippen molar-refractivity contribution >= 4 is 11.6 Å². The summed E-state index contributed by atoms with van der Waals surface area (Å²) in [6, 6.07) is 14.2. The minimum Gasteiger partial charge on any atom is -0.265 e. The quantitative estimate of drug-likeness (QED) is 0.716. The van der Waals surface area contributed by atoms with E-state index in [1.165, 1.54) is 5.56 Å². The second-order valence-electron chi connectivity index (χ2n) is 3.44. The SMILES string of the molecule is ClC(Cc1ccccc1)c1ccncc1. The van der Waals surface area contributed by atoms with Gasteiger partial charge in [-0.1, -0.05) is 30.3 Å². The van der Waals surface area contributed by atoms with Crippen LogP contribution in [0.5, 0.6) is 0 Å². The highest BCUT2D eigenvalue weighted by atomic mass is 35.5. The summed E-state index contributed by atoms with van der Waals surface area (Å²) in [5.74, 6) is 0. The van der Waals surface area contributed by atoms with Crippen molar-refractivity contribution in [1.29, 1.82) is 0 Å². The Hall–Kier alpha value is -1.34. The molecule has 2 heteroatoms. The molecule has 0 N–H and O–H groups in total. The second-order valence-corrected chi connectivity index (χ2v) is 3.96. The zero-order valence-corrected chi connectivity index (χ0v) is 9.06. The van der Waals surface area contributed by atoms with Crippen LogP contribution in [0.25, 0.3) is 0 Å². The van der Waals surface area contributed by atoms with E-state index in [1.54, 1.807) is 12.4 Å². The molecule has 0 aliphatic rings. The molecule has 0 fully saturated rings. The van der Waals surface area contributed by atoms with Gasteiger partial charge in [-0.05, 0) is 29.7 Å². The van der Waals surface area contributed by atoms with Gasteiger partial charge < -0.3 is 0 Å². The summed E-state index contributed by atoms with van der Waals surface area (Å²) in [6.07, 6.45) is 4.40. The van der Waals surface area contributed by atoms with Gasteiger partial charge in [-0.15, -0.1) is 11.6 Å². The number of benzene rings is 1. The first-order chi connectivity index (χ1) is 7.36. The second kappa shape index (κ2) is 4.94. The van der Waals surface area contributed by atoms with E-state index in [0.717, 1.165) is 12.0 Å². The molecule has 2 rings (SSSR count). The number of rotatable bonds is 3. The lowest BCUT2D eigenvalue weighted by atomic mass is 10.1. The van der Waals surface area contributed by atoms with Crippen LogP contribution in [-0.4, -0.2) is 4.98 Å². The van der Waals surface area contributed by atoms with Crippen LogP contribution in [-0.2, 0) is 6.42 Å². The van der Waals surface area contributed by atoms with E-state index in [-0.39, 0.29) is 5.38 Å². The van der Waals surface area contributed by atoms with E-state index in [9.17, 15) is 0 Å².